The summed E-state index contributed by atoms with van der Waals surface area (Å²) in [5.74, 6) is 0.162. The second-order valence-electron chi connectivity index (χ2n) is 7.96. The maximum atomic E-state index is 13.2. The van der Waals surface area contributed by atoms with E-state index in [1.807, 2.05) is 0 Å². The number of halogens is 1. The average Bonchev–Trinajstić information content (AvgIpc) is 3.42. The van der Waals surface area contributed by atoms with Crippen LogP contribution in [0.2, 0.25) is 0 Å². The molecule has 28 heavy (non-hydrogen) atoms. The molecule has 1 fully saturated rings. The molecule has 0 saturated heterocycles. The van der Waals surface area contributed by atoms with E-state index in [1.54, 1.807) is 6.07 Å². The predicted molar refractivity (Wildman–Crippen MR) is 115 cm³/mol. The van der Waals surface area contributed by atoms with E-state index in [2.05, 4.69) is 80.3 Å². The fourth-order valence-electron chi connectivity index (χ4n) is 3.62. The normalized spacial score (nSPS) is 18.9. The second-order valence-corrected chi connectivity index (χ2v) is 7.96. The average molecular weight is 381 g/mol. The zero-order chi connectivity index (χ0) is 20.5. The molecule has 0 amide bonds. The molecule has 3 rings (SSSR count). The highest BCUT2D eigenvalue weighted by Gasteiger charge is 2.38. The molecule has 3 unspecified atom stereocenters. The van der Waals surface area contributed by atoms with Gasteiger partial charge in [-0.15, -0.1) is 0 Å². The summed E-state index contributed by atoms with van der Waals surface area (Å²) in [7, 11) is 0. The van der Waals surface area contributed by atoms with Crippen molar-refractivity contribution in [1.82, 2.24) is 4.90 Å². The Morgan fingerprint density at radius 2 is 1.61 bits per heavy atom. The Morgan fingerprint density at radius 3 is 2.11 bits per heavy atom. The summed E-state index contributed by atoms with van der Waals surface area (Å²) in [6.45, 7) is 9.31. The largest absolute Gasteiger partial charge is 0.294 e. The van der Waals surface area contributed by atoms with Crippen LogP contribution in [0.4, 0.5) is 4.39 Å². The molecule has 0 aromatic heterocycles. The first kappa shape index (κ1) is 22.1. The first-order valence-corrected chi connectivity index (χ1v) is 10.3. The fraction of sp³-hybridized carbons (Fsp3) is 0.480. The first-order valence-electron chi connectivity index (χ1n) is 10.3. The van der Waals surface area contributed by atoms with Crippen LogP contribution in [0.15, 0.2) is 54.6 Å². The van der Waals surface area contributed by atoms with Crippen molar-refractivity contribution < 1.29 is 4.39 Å². The van der Waals surface area contributed by atoms with Gasteiger partial charge in [0.1, 0.15) is 6.17 Å². The summed E-state index contributed by atoms with van der Waals surface area (Å²) in [4.78, 5) is 2.57. The molecule has 150 valence electrons. The highest BCUT2D eigenvalue weighted by Crippen LogP contribution is 2.43. The Morgan fingerprint density at radius 1 is 1.04 bits per heavy atom. The highest BCUT2D eigenvalue weighted by atomic mass is 19.1. The van der Waals surface area contributed by atoms with E-state index in [0.717, 1.165) is 24.9 Å². The lowest BCUT2D eigenvalue weighted by Gasteiger charge is -2.33. The van der Waals surface area contributed by atoms with Gasteiger partial charge in [0.05, 0.1) is 6.07 Å². The summed E-state index contributed by atoms with van der Waals surface area (Å²) in [5, 5.41) is 7.32. The Balaban J connectivity index is 0.000000878. The second kappa shape index (κ2) is 11.0. The Kier molecular flexibility index (Phi) is 8.67. The lowest BCUT2D eigenvalue weighted by molar-refractivity contribution is 0.147. The topological polar surface area (TPSA) is 27.0 Å². The third-order valence-electron chi connectivity index (χ3n) is 5.41. The molecule has 1 saturated carbocycles. The van der Waals surface area contributed by atoms with Gasteiger partial charge in [-0.3, -0.25) is 4.90 Å². The number of nitriles is 1. The van der Waals surface area contributed by atoms with Crippen LogP contribution < -0.4 is 0 Å². The van der Waals surface area contributed by atoms with Crippen molar-refractivity contribution in [3.05, 3.63) is 71.3 Å². The Bertz CT molecular complexity index is 733. The van der Waals surface area contributed by atoms with Gasteiger partial charge in [-0.2, -0.15) is 5.26 Å². The lowest BCUT2D eigenvalue weighted by atomic mass is 10.0. The summed E-state index contributed by atoms with van der Waals surface area (Å²) in [6.07, 6.45) is 2.31. The third kappa shape index (κ3) is 6.77. The molecule has 2 aromatic carbocycles. The van der Waals surface area contributed by atoms with Crippen molar-refractivity contribution in [3.8, 4) is 6.07 Å². The molecule has 0 aliphatic heterocycles. The van der Waals surface area contributed by atoms with Crippen LogP contribution in [-0.4, -0.2) is 23.2 Å². The Labute approximate surface area is 170 Å². The van der Waals surface area contributed by atoms with Gasteiger partial charge >= 0.3 is 0 Å². The molecule has 2 aromatic rings. The Hall–Kier alpha value is -2.18. The summed E-state index contributed by atoms with van der Waals surface area (Å²) >= 11 is 0. The minimum absolute atomic E-state index is 0.162. The molecule has 1 aliphatic carbocycles. The molecule has 0 radical (unpaired) electrons. The van der Waals surface area contributed by atoms with E-state index in [9.17, 15) is 4.39 Å². The third-order valence-corrected chi connectivity index (χ3v) is 5.41. The summed E-state index contributed by atoms with van der Waals surface area (Å²) in [6, 6.07) is 22.1. The van der Waals surface area contributed by atoms with Crippen LogP contribution in [-0.2, 0) is 13.0 Å². The van der Waals surface area contributed by atoms with Crippen LogP contribution >= 0.6 is 0 Å². The summed E-state index contributed by atoms with van der Waals surface area (Å²) in [5.41, 5.74) is 3.89. The van der Waals surface area contributed by atoms with Crippen LogP contribution in [0.1, 0.15) is 63.1 Å². The molecule has 0 heterocycles. The quantitative estimate of drug-likeness (QED) is 0.539. The zero-order valence-corrected chi connectivity index (χ0v) is 17.6. The number of alkyl halides is 1. The van der Waals surface area contributed by atoms with E-state index < -0.39 is 6.17 Å². The lowest BCUT2D eigenvalue weighted by Crippen LogP contribution is -2.38. The van der Waals surface area contributed by atoms with E-state index in [0.29, 0.717) is 18.5 Å². The monoisotopic (exact) mass is 380 g/mol. The minimum Gasteiger partial charge on any atom is -0.294 e. The van der Waals surface area contributed by atoms with Crippen molar-refractivity contribution in [2.24, 2.45) is 0 Å². The van der Waals surface area contributed by atoms with Crippen molar-refractivity contribution in [3.63, 3.8) is 0 Å². The fourth-order valence-corrected chi connectivity index (χ4v) is 3.62. The van der Waals surface area contributed by atoms with E-state index >= 15 is 0 Å². The molecule has 0 N–H and O–H groups in total. The van der Waals surface area contributed by atoms with Crippen molar-refractivity contribution in [2.75, 3.05) is 0 Å². The van der Waals surface area contributed by atoms with Crippen LogP contribution in [0.3, 0.4) is 0 Å². The molecule has 3 atom stereocenters. The minimum atomic E-state index is -0.608. The predicted octanol–water partition coefficient (Wildman–Crippen LogP) is 6.27. The van der Waals surface area contributed by atoms with Crippen LogP contribution in [0.25, 0.3) is 0 Å². The SMILES string of the molecule is CC#N.CC(C)N(Cc1ccccc1)C(C)CCc1ccc(C2CC2F)cc1. The number of nitrogens with zero attached hydrogens (tertiary/aromatic N) is 2. The van der Waals surface area contributed by atoms with Gasteiger partial charge in [0.25, 0.3) is 0 Å². The number of hydrogen-bond acceptors (Lipinski definition) is 2. The maximum Gasteiger partial charge on any atom is 0.108 e. The van der Waals surface area contributed by atoms with E-state index in [1.165, 1.54) is 18.1 Å². The molecular weight excluding hydrogens is 347 g/mol. The number of hydrogen-bond donors (Lipinski definition) is 0. The molecule has 0 bridgehead atoms. The number of benzene rings is 2. The van der Waals surface area contributed by atoms with Crippen molar-refractivity contribution in [1.29, 1.82) is 5.26 Å². The van der Waals surface area contributed by atoms with Gasteiger partial charge in [-0.1, -0.05) is 54.6 Å². The smallest absolute Gasteiger partial charge is 0.108 e. The molecule has 1 aliphatic rings. The molecule has 3 heteroatoms. The molecular formula is C25H33FN2. The molecule has 0 spiro atoms. The van der Waals surface area contributed by atoms with Gasteiger partial charge in [-0.05, 0) is 56.7 Å². The van der Waals surface area contributed by atoms with Crippen LogP contribution in [0.5, 0.6) is 0 Å². The van der Waals surface area contributed by atoms with Gasteiger partial charge in [0.2, 0.25) is 0 Å². The van der Waals surface area contributed by atoms with Crippen molar-refractivity contribution >= 4 is 0 Å². The van der Waals surface area contributed by atoms with E-state index in [-0.39, 0.29) is 5.92 Å². The summed E-state index contributed by atoms with van der Waals surface area (Å²) < 4.78 is 13.2. The van der Waals surface area contributed by atoms with Gasteiger partial charge in [0, 0.05) is 31.5 Å². The zero-order valence-electron chi connectivity index (χ0n) is 17.6. The van der Waals surface area contributed by atoms with Crippen LogP contribution in [0, 0.1) is 11.3 Å². The standard InChI is InChI=1S/C23H30FN.C2H3N/c1-17(2)25(16-20-7-5-4-6-8-20)18(3)9-10-19-11-13-21(14-12-19)22-15-23(22)24;1-2-3/h4-8,11-14,17-18,22-23H,9-10,15-16H2,1-3H3;1H3. The maximum absolute atomic E-state index is 13.2. The van der Waals surface area contributed by atoms with Crippen molar-refractivity contribution in [2.45, 2.75) is 77.7 Å². The van der Waals surface area contributed by atoms with Gasteiger partial charge in [0.15, 0.2) is 0 Å². The number of rotatable bonds is 8. The number of aryl methyl sites for hydroxylation is 1. The molecule has 2 nitrogen and oxygen atoms in total. The van der Waals surface area contributed by atoms with Gasteiger partial charge in [-0.25, -0.2) is 4.39 Å². The highest BCUT2D eigenvalue weighted by molar-refractivity contribution is 5.30. The first-order chi connectivity index (χ1) is 13.5. The van der Waals surface area contributed by atoms with E-state index in [4.69, 9.17) is 5.26 Å². The van der Waals surface area contributed by atoms with Gasteiger partial charge < -0.3 is 0 Å².